The highest BCUT2D eigenvalue weighted by atomic mass is 16.1. The number of nitrogens with one attached hydrogen (secondary N) is 1. The average Bonchev–Trinajstić information content (AvgIpc) is 2.40. The molecule has 1 amide bonds. The molecule has 4 nitrogen and oxygen atoms in total. The van der Waals surface area contributed by atoms with Gasteiger partial charge in [0.15, 0.2) is 0 Å². The monoisotopic (exact) mass is 241 g/mol. The van der Waals surface area contributed by atoms with Crippen LogP contribution in [0, 0.1) is 0 Å². The number of nitrogens with two attached hydrogens (primary N) is 1. The number of carbonyl (C=O) groups excluding carboxylic acids is 1. The first-order valence-corrected chi connectivity index (χ1v) is 5.75. The van der Waals surface area contributed by atoms with E-state index in [1.807, 2.05) is 25.1 Å². The largest absolute Gasteiger partial charge is 0.323 e. The fraction of sp³-hybridized carbons (Fsp3) is 0.143. The van der Waals surface area contributed by atoms with Crippen LogP contribution in [0.15, 0.2) is 48.7 Å². The number of benzene rings is 1. The summed E-state index contributed by atoms with van der Waals surface area (Å²) in [6.07, 6.45) is 1.64. The first kappa shape index (κ1) is 12.3. The Morgan fingerprint density at radius 2 is 2.00 bits per heavy atom. The second-order valence-electron chi connectivity index (χ2n) is 4.08. The fourth-order valence-electron chi connectivity index (χ4n) is 1.57. The van der Waals surface area contributed by atoms with Gasteiger partial charge < -0.3 is 11.1 Å². The summed E-state index contributed by atoms with van der Waals surface area (Å²) >= 11 is 0. The summed E-state index contributed by atoms with van der Waals surface area (Å²) in [4.78, 5) is 16.1. The lowest BCUT2D eigenvalue weighted by Crippen LogP contribution is -2.13. The van der Waals surface area contributed by atoms with E-state index in [2.05, 4.69) is 10.3 Å². The Morgan fingerprint density at radius 3 is 2.67 bits per heavy atom. The van der Waals surface area contributed by atoms with Gasteiger partial charge in [-0.25, -0.2) is 0 Å². The molecule has 1 aromatic heterocycles. The molecule has 0 bridgehead atoms. The van der Waals surface area contributed by atoms with Crippen LogP contribution >= 0.6 is 0 Å². The van der Waals surface area contributed by atoms with Gasteiger partial charge in [-0.2, -0.15) is 0 Å². The van der Waals surface area contributed by atoms with Crippen molar-refractivity contribution in [2.45, 2.75) is 13.0 Å². The molecule has 0 aliphatic rings. The van der Waals surface area contributed by atoms with Crippen molar-refractivity contribution in [3.8, 4) is 0 Å². The van der Waals surface area contributed by atoms with E-state index in [4.69, 9.17) is 5.73 Å². The highest BCUT2D eigenvalue weighted by Crippen LogP contribution is 2.13. The molecule has 0 unspecified atom stereocenters. The number of pyridine rings is 1. The topological polar surface area (TPSA) is 68.0 Å². The van der Waals surface area contributed by atoms with Gasteiger partial charge in [-0.3, -0.25) is 9.78 Å². The SMILES string of the molecule is C[C@@H](N)c1cc(NC(=O)c2ccccc2)ccn1. The van der Waals surface area contributed by atoms with Crippen LogP contribution in [0.4, 0.5) is 5.69 Å². The predicted octanol–water partition coefficient (Wildman–Crippen LogP) is 2.35. The highest BCUT2D eigenvalue weighted by Gasteiger charge is 2.07. The van der Waals surface area contributed by atoms with Crippen molar-refractivity contribution in [1.82, 2.24) is 4.98 Å². The van der Waals surface area contributed by atoms with Crippen LogP contribution in [0.3, 0.4) is 0 Å². The molecule has 0 fully saturated rings. The molecule has 1 heterocycles. The van der Waals surface area contributed by atoms with Gasteiger partial charge in [0.05, 0.1) is 5.69 Å². The van der Waals surface area contributed by atoms with Crippen LogP contribution in [0.2, 0.25) is 0 Å². The summed E-state index contributed by atoms with van der Waals surface area (Å²) in [6, 6.07) is 12.4. The van der Waals surface area contributed by atoms with Crippen molar-refractivity contribution in [3.05, 3.63) is 59.9 Å². The molecule has 0 saturated heterocycles. The molecule has 0 aliphatic carbocycles. The molecular weight excluding hydrogens is 226 g/mol. The van der Waals surface area contributed by atoms with Crippen LogP contribution in [0.25, 0.3) is 0 Å². The maximum absolute atomic E-state index is 11.9. The normalized spacial score (nSPS) is 11.9. The van der Waals surface area contributed by atoms with E-state index in [1.54, 1.807) is 30.5 Å². The third-order valence-electron chi connectivity index (χ3n) is 2.54. The molecule has 18 heavy (non-hydrogen) atoms. The van der Waals surface area contributed by atoms with Crippen LogP contribution in [-0.2, 0) is 0 Å². The Bertz CT molecular complexity index is 538. The molecule has 0 spiro atoms. The van der Waals surface area contributed by atoms with E-state index in [1.165, 1.54) is 0 Å². The lowest BCUT2D eigenvalue weighted by atomic mass is 10.2. The smallest absolute Gasteiger partial charge is 0.255 e. The fourth-order valence-corrected chi connectivity index (χ4v) is 1.57. The summed E-state index contributed by atoms with van der Waals surface area (Å²) in [5.74, 6) is -0.141. The van der Waals surface area contributed by atoms with Crippen LogP contribution in [0.1, 0.15) is 29.0 Å². The Morgan fingerprint density at radius 1 is 1.28 bits per heavy atom. The van der Waals surface area contributed by atoms with E-state index in [-0.39, 0.29) is 11.9 Å². The van der Waals surface area contributed by atoms with Gasteiger partial charge in [-0.05, 0) is 31.2 Å². The highest BCUT2D eigenvalue weighted by molar-refractivity contribution is 6.04. The summed E-state index contributed by atoms with van der Waals surface area (Å²) in [5, 5.41) is 2.82. The predicted molar refractivity (Wildman–Crippen MR) is 71.2 cm³/mol. The van der Waals surface area contributed by atoms with Crippen LogP contribution in [0.5, 0.6) is 0 Å². The third kappa shape index (κ3) is 2.93. The molecule has 1 aromatic carbocycles. The van der Waals surface area contributed by atoms with Crippen molar-refractivity contribution >= 4 is 11.6 Å². The van der Waals surface area contributed by atoms with Crippen molar-refractivity contribution < 1.29 is 4.79 Å². The number of amides is 1. The van der Waals surface area contributed by atoms with Gasteiger partial charge in [0.25, 0.3) is 5.91 Å². The van der Waals surface area contributed by atoms with Gasteiger partial charge in [0, 0.05) is 23.5 Å². The van der Waals surface area contributed by atoms with Gasteiger partial charge in [0.2, 0.25) is 0 Å². The van der Waals surface area contributed by atoms with Gasteiger partial charge in [-0.15, -0.1) is 0 Å². The molecular formula is C14H15N3O. The second-order valence-corrected chi connectivity index (χ2v) is 4.08. The quantitative estimate of drug-likeness (QED) is 0.866. The van der Waals surface area contributed by atoms with Crippen molar-refractivity contribution in [2.75, 3.05) is 5.32 Å². The average molecular weight is 241 g/mol. The van der Waals surface area contributed by atoms with E-state index < -0.39 is 0 Å². The number of nitrogens with zero attached hydrogens (tertiary/aromatic N) is 1. The number of hydrogen-bond donors (Lipinski definition) is 2. The van der Waals surface area contributed by atoms with Crippen molar-refractivity contribution in [1.29, 1.82) is 0 Å². The maximum atomic E-state index is 11.9. The molecule has 92 valence electrons. The number of carbonyl (C=O) groups is 1. The number of anilines is 1. The lowest BCUT2D eigenvalue weighted by Gasteiger charge is -2.08. The minimum Gasteiger partial charge on any atom is -0.323 e. The first-order chi connectivity index (χ1) is 8.66. The number of hydrogen-bond acceptors (Lipinski definition) is 3. The Hall–Kier alpha value is -2.20. The van der Waals surface area contributed by atoms with E-state index >= 15 is 0 Å². The summed E-state index contributed by atoms with van der Waals surface area (Å²) in [6.45, 7) is 1.85. The summed E-state index contributed by atoms with van der Waals surface area (Å²) < 4.78 is 0. The molecule has 1 atom stereocenters. The van der Waals surface area contributed by atoms with E-state index in [0.717, 1.165) is 5.69 Å². The number of rotatable bonds is 3. The van der Waals surface area contributed by atoms with Crippen LogP contribution < -0.4 is 11.1 Å². The summed E-state index contributed by atoms with van der Waals surface area (Å²) in [5.41, 5.74) is 7.82. The molecule has 0 saturated carbocycles. The lowest BCUT2D eigenvalue weighted by molar-refractivity contribution is 0.102. The van der Waals surface area contributed by atoms with Gasteiger partial charge in [0.1, 0.15) is 0 Å². The van der Waals surface area contributed by atoms with Crippen LogP contribution in [-0.4, -0.2) is 10.9 Å². The van der Waals surface area contributed by atoms with E-state index in [0.29, 0.717) is 11.3 Å². The molecule has 4 heteroatoms. The Kier molecular flexibility index (Phi) is 3.69. The zero-order chi connectivity index (χ0) is 13.0. The minimum atomic E-state index is -0.154. The second kappa shape index (κ2) is 5.42. The van der Waals surface area contributed by atoms with Crippen molar-refractivity contribution in [2.24, 2.45) is 5.73 Å². The standard InChI is InChI=1S/C14H15N3O/c1-10(15)13-9-12(7-8-16-13)17-14(18)11-5-3-2-4-6-11/h2-10H,15H2,1H3,(H,16,17,18)/t10-/m1/s1. The molecule has 2 aromatic rings. The maximum Gasteiger partial charge on any atom is 0.255 e. The van der Waals surface area contributed by atoms with E-state index in [9.17, 15) is 4.79 Å². The minimum absolute atomic E-state index is 0.141. The number of aromatic nitrogens is 1. The third-order valence-corrected chi connectivity index (χ3v) is 2.54. The molecule has 0 radical (unpaired) electrons. The summed E-state index contributed by atoms with van der Waals surface area (Å²) in [7, 11) is 0. The Labute approximate surface area is 106 Å². The molecule has 3 N–H and O–H groups in total. The first-order valence-electron chi connectivity index (χ1n) is 5.75. The van der Waals surface area contributed by atoms with Crippen molar-refractivity contribution in [3.63, 3.8) is 0 Å². The zero-order valence-corrected chi connectivity index (χ0v) is 10.1. The molecule has 0 aliphatic heterocycles. The Balaban J connectivity index is 2.15. The van der Waals surface area contributed by atoms with Gasteiger partial charge >= 0.3 is 0 Å². The molecule has 2 rings (SSSR count). The zero-order valence-electron chi connectivity index (χ0n) is 10.1. The van der Waals surface area contributed by atoms with Gasteiger partial charge in [-0.1, -0.05) is 18.2 Å².